The standard InChI is InChI=1S/C16H22N2O3/c1-3-4-14-16(20)17-11-15(19)18(14)10-9-12-5-7-13(21-2)8-6-12/h5-8,14H,3-4,9-11H2,1-2H3,(H,17,20). The van der Waals surface area contributed by atoms with Gasteiger partial charge in [-0.2, -0.15) is 0 Å². The van der Waals surface area contributed by atoms with Crippen LogP contribution in [0.3, 0.4) is 0 Å². The quantitative estimate of drug-likeness (QED) is 0.860. The van der Waals surface area contributed by atoms with Crippen molar-refractivity contribution in [3.63, 3.8) is 0 Å². The fraction of sp³-hybridized carbons (Fsp3) is 0.500. The third-order valence-corrected chi connectivity index (χ3v) is 3.78. The molecule has 2 rings (SSSR count). The fourth-order valence-corrected chi connectivity index (χ4v) is 2.58. The predicted octanol–water partition coefficient (Wildman–Crippen LogP) is 1.36. The summed E-state index contributed by atoms with van der Waals surface area (Å²) in [5.41, 5.74) is 1.13. The largest absolute Gasteiger partial charge is 0.497 e. The molecule has 1 aromatic rings. The van der Waals surface area contributed by atoms with Gasteiger partial charge in [0.1, 0.15) is 11.8 Å². The molecule has 5 heteroatoms. The molecule has 0 bridgehead atoms. The Balaban J connectivity index is 2.00. The fourth-order valence-electron chi connectivity index (χ4n) is 2.58. The smallest absolute Gasteiger partial charge is 0.243 e. The minimum Gasteiger partial charge on any atom is -0.497 e. The number of piperazine rings is 1. The molecule has 1 aromatic carbocycles. The Bertz CT molecular complexity index is 499. The summed E-state index contributed by atoms with van der Waals surface area (Å²) in [7, 11) is 1.63. The van der Waals surface area contributed by atoms with Crippen molar-refractivity contribution >= 4 is 11.8 Å². The zero-order valence-electron chi connectivity index (χ0n) is 12.6. The van der Waals surface area contributed by atoms with Crippen molar-refractivity contribution in [3.05, 3.63) is 29.8 Å². The number of hydrogen-bond acceptors (Lipinski definition) is 3. The number of hydrogen-bond donors (Lipinski definition) is 1. The zero-order chi connectivity index (χ0) is 15.2. The molecule has 21 heavy (non-hydrogen) atoms. The highest BCUT2D eigenvalue weighted by Gasteiger charge is 2.33. The molecule has 0 radical (unpaired) electrons. The van der Waals surface area contributed by atoms with Crippen LogP contribution in [0, 0.1) is 0 Å². The number of methoxy groups -OCH3 is 1. The van der Waals surface area contributed by atoms with E-state index in [-0.39, 0.29) is 24.4 Å². The number of amides is 2. The van der Waals surface area contributed by atoms with Crippen LogP contribution < -0.4 is 10.1 Å². The number of nitrogens with zero attached hydrogens (tertiary/aromatic N) is 1. The Hall–Kier alpha value is -2.04. The summed E-state index contributed by atoms with van der Waals surface area (Å²) < 4.78 is 5.13. The molecular weight excluding hydrogens is 268 g/mol. The Labute approximate surface area is 125 Å². The van der Waals surface area contributed by atoms with Gasteiger partial charge in [0, 0.05) is 6.54 Å². The molecule has 114 valence electrons. The highest BCUT2D eigenvalue weighted by atomic mass is 16.5. The first kappa shape index (κ1) is 15.4. The van der Waals surface area contributed by atoms with Gasteiger partial charge in [0.25, 0.3) is 0 Å². The van der Waals surface area contributed by atoms with Crippen molar-refractivity contribution in [2.75, 3.05) is 20.2 Å². The van der Waals surface area contributed by atoms with E-state index < -0.39 is 0 Å². The molecule has 1 N–H and O–H groups in total. The molecule has 5 nitrogen and oxygen atoms in total. The molecule has 1 atom stereocenters. The number of carbonyl (C=O) groups is 2. The van der Waals surface area contributed by atoms with E-state index in [1.807, 2.05) is 31.2 Å². The van der Waals surface area contributed by atoms with Crippen molar-refractivity contribution in [2.45, 2.75) is 32.2 Å². The van der Waals surface area contributed by atoms with E-state index in [0.29, 0.717) is 13.0 Å². The van der Waals surface area contributed by atoms with Gasteiger partial charge in [0.15, 0.2) is 0 Å². The highest BCUT2D eigenvalue weighted by molar-refractivity contribution is 5.94. The van der Waals surface area contributed by atoms with Crippen molar-refractivity contribution in [2.24, 2.45) is 0 Å². The van der Waals surface area contributed by atoms with Gasteiger partial charge in [-0.05, 0) is 30.5 Å². The van der Waals surface area contributed by atoms with Gasteiger partial charge in [-0.15, -0.1) is 0 Å². The maximum Gasteiger partial charge on any atom is 0.243 e. The maximum atomic E-state index is 12.0. The van der Waals surface area contributed by atoms with Gasteiger partial charge in [0.2, 0.25) is 11.8 Å². The molecule has 0 spiro atoms. The molecule has 0 saturated carbocycles. The van der Waals surface area contributed by atoms with Crippen LogP contribution in [0.25, 0.3) is 0 Å². The molecular formula is C16H22N2O3. The van der Waals surface area contributed by atoms with Crippen LogP contribution in [0.1, 0.15) is 25.3 Å². The Kier molecular flexibility index (Phi) is 5.20. The van der Waals surface area contributed by atoms with E-state index in [9.17, 15) is 9.59 Å². The van der Waals surface area contributed by atoms with E-state index in [4.69, 9.17) is 4.74 Å². The predicted molar refractivity (Wildman–Crippen MR) is 80.1 cm³/mol. The van der Waals surface area contributed by atoms with Crippen LogP contribution in [-0.2, 0) is 16.0 Å². The van der Waals surface area contributed by atoms with Crippen LogP contribution in [0.5, 0.6) is 5.75 Å². The van der Waals surface area contributed by atoms with Crippen LogP contribution >= 0.6 is 0 Å². The van der Waals surface area contributed by atoms with Crippen LogP contribution in [0.2, 0.25) is 0 Å². The van der Waals surface area contributed by atoms with Gasteiger partial charge in [-0.1, -0.05) is 25.5 Å². The summed E-state index contributed by atoms with van der Waals surface area (Å²) >= 11 is 0. The Morgan fingerprint density at radius 1 is 1.29 bits per heavy atom. The van der Waals surface area contributed by atoms with E-state index in [0.717, 1.165) is 24.2 Å². The number of ether oxygens (including phenoxy) is 1. The lowest BCUT2D eigenvalue weighted by Crippen LogP contribution is -2.58. The highest BCUT2D eigenvalue weighted by Crippen LogP contribution is 2.15. The van der Waals surface area contributed by atoms with Gasteiger partial charge in [-0.3, -0.25) is 9.59 Å². The summed E-state index contributed by atoms with van der Waals surface area (Å²) in [6.07, 6.45) is 2.33. The normalized spacial score (nSPS) is 18.6. The zero-order valence-corrected chi connectivity index (χ0v) is 12.6. The molecule has 1 heterocycles. The number of nitrogens with one attached hydrogen (secondary N) is 1. The lowest BCUT2D eigenvalue weighted by molar-refractivity contribution is -0.145. The van der Waals surface area contributed by atoms with Crippen LogP contribution in [-0.4, -0.2) is 43.0 Å². The van der Waals surface area contributed by atoms with Gasteiger partial charge in [0.05, 0.1) is 13.7 Å². The van der Waals surface area contributed by atoms with E-state index in [1.165, 1.54) is 0 Å². The average Bonchev–Trinajstić information content (AvgIpc) is 2.51. The Morgan fingerprint density at radius 3 is 2.62 bits per heavy atom. The molecule has 1 saturated heterocycles. The SMILES string of the molecule is CCCC1C(=O)NCC(=O)N1CCc1ccc(OC)cc1. The molecule has 1 aliphatic rings. The molecule has 1 aliphatic heterocycles. The summed E-state index contributed by atoms with van der Waals surface area (Å²) in [5.74, 6) is 0.781. The molecule has 0 aromatic heterocycles. The summed E-state index contributed by atoms with van der Waals surface area (Å²) in [6.45, 7) is 2.71. The first-order valence-corrected chi connectivity index (χ1v) is 7.35. The number of carbonyl (C=O) groups excluding carboxylic acids is 2. The van der Waals surface area contributed by atoms with Gasteiger partial charge < -0.3 is 15.0 Å². The minimum absolute atomic E-state index is 0.00145. The van der Waals surface area contributed by atoms with E-state index in [2.05, 4.69) is 5.32 Å². The third kappa shape index (κ3) is 3.74. The lowest BCUT2D eigenvalue weighted by Gasteiger charge is -2.35. The van der Waals surface area contributed by atoms with Gasteiger partial charge in [-0.25, -0.2) is 0 Å². The number of benzene rings is 1. The van der Waals surface area contributed by atoms with Crippen molar-refractivity contribution in [1.82, 2.24) is 10.2 Å². The van der Waals surface area contributed by atoms with E-state index >= 15 is 0 Å². The maximum absolute atomic E-state index is 12.0. The average molecular weight is 290 g/mol. The van der Waals surface area contributed by atoms with Crippen molar-refractivity contribution in [3.8, 4) is 5.75 Å². The third-order valence-electron chi connectivity index (χ3n) is 3.78. The lowest BCUT2D eigenvalue weighted by atomic mass is 10.0. The monoisotopic (exact) mass is 290 g/mol. The second-order valence-corrected chi connectivity index (χ2v) is 5.21. The second kappa shape index (κ2) is 7.11. The summed E-state index contributed by atoms with van der Waals surface area (Å²) in [6, 6.07) is 7.46. The summed E-state index contributed by atoms with van der Waals surface area (Å²) in [4.78, 5) is 25.7. The number of rotatable bonds is 6. The summed E-state index contributed by atoms with van der Waals surface area (Å²) in [5, 5.41) is 2.66. The van der Waals surface area contributed by atoms with Crippen LogP contribution in [0.15, 0.2) is 24.3 Å². The topological polar surface area (TPSA) is 58.6 Å². The first-order chi connectivity index (χ1) is 10.2. The van der Waals surface area contributed by atoms with Crippen molar-refractivity contribution in [1.29, 1.82) is 0 Å². The van der Waals surface area contributed by atoms with Crippen LogP contribution in [0.4, 0.5) is 0 Å². The Morgan fingerprint density at radius 2 is 2.00 bits per heavy atom. The molecule has 1 unspecified atom stereocenters. The first-order valence-electron chi connectivity index (χ1n) is 7.35. The van der Waals surface area contributed by atoms with E-state index in [1.54, 1.807) is 12.0 Å². The minimum atomic E-state index is -0.325. The molecule has 2 amide bonds. The second-order valence-electron chi connectivity index (χ2n) is 5.21. The molecule has 0 aliphatic carbocycles. The van der Waals surface area contributed by atoms with Gasteiger partial charge >= 0.3 is 0 Å². The molecule has 1 fully saturated rings. The van der Waals surface area contributed by atoms with Crippen molar-refractivity contribution < 1.29 is 14.3 Å².